The molecule has 0 aromatic heterocycles. The number of carboxylic acid groups (broad SMARTS) is 1. The van der Waals surface area contributed by atoms with Crippen LogP contribution in [-0.4, -0.2) is 18.2 Å². The number of hydrogen-bond donors (Lipinski definition) is 1. The number of ether oxygens (including phenoxy) is 1. The second kappa shape index (κ2) is 2.74. The molecule has 3 nitrogen and oxygen atoms in total. The van der Waals surface area contributed by atoms with Gasteiger partial charge in [-0.2, -0.15) is 0 Å². The van der Waals surface area contributed by atoms with E-state index in [0.29, 0.717) is 6.42 Å². The number of carbonyl (C=O) groups is 1. The second-order valence-electron chi connectivity index (χ2n) is 3.84. The van der Waals surface area contributed by atoms with Crippen LogP contribution in [0.2, 0.25) is 0 Å². The van der Waals surface area contributed by atoms with Gasteiger partial charge in [0.25, 0.3) is 0 Å². The molecular weight excluding hydrogens is 180 g/mol. The zero-order valence-electron chi connectivity index (χ0n) is 8.20. The number of rotatable bonds is 2. The normalized spacial score (nSPS) is 23.6. The Labute approximate surface area is 82.3 Å². The first-order valence-electron chi connectivity index (χ1n) is 4.49. The predicted molar refractivity (Wildman–Crippen MR) is 51.7 cm³/mol. The first kappa shape index (κ1) is 9.06. The molecule has 1 atom stereocenters. The Morgan fingerprint density at radius 2 is 2.29 bits per heavy atom. The van der Waals surface area contributed by atoms with Crippen molar-refractivity contribution in [1.82, 2.24) is 0 Å². The minimum absolute atomic E-state index is 0.613. The third kappa shape index (κ3) is 1.02. The summed E-state index contributed by atoms with van der Waals surface area (Å²) >= 11 is 0. The summed E-state index contributed by atoms with van der Waals surface area (Å²) in [6, 6.07) is 5.60. The summed E-state index contributed by atoms with van der Waals surface area (Å²) in [7, 11) is 1.58. The molecular formula is C11H12O3. The number of carboxylic acids is 1. The van der Waals surface area contributed by atoms with Crippen LogP contribution in [0.4, 0.5) is 0 Å². The summed E-state index contributed by atoms with van der Waals surface area (Å²) in [5, 5.41) is 9.06. The highest BCUT2D eigenvalue weighted by atomic mass is 16.5. The SMILES string of the molecule is COc1ccc2c(c1)C(C)(C(=O)O)C2. The van der Waals surface area contributed by atoms with Gasteiger partial charge in [0.15, 0.2) is 0 Å². The van der Waals surface area contributed by atoms with Crippen LogP contribution in [-0.2, 0) is 16.6 Å². The minimum atomic E-state index is -0.766. The zero-order valence-corrected chi connectivity index (χ0v) is 8.20. The van der Waals surface area contributed by atoms with Crippen LogP contribution in [0.25, 0.3) is 0 Å². The first-order chi connectivity index (χ1) is 6.58. The molecule has 14 heavy (non-hydrogen) atoms. The molecule has 0 spiro atoms. The fraction of sp³-hybridized carbons (Fsp3) is 0.364. The Hall–Kier alpha value is -1.51. The monoisotopic (exact) mass is 192 g/mol. The van der Waals surface area contributed by atoms with E-state index in [-0.39, 0.29) is 0 Å². The van der Waals surface area contributed by atoms with Crippen molar-refractivity contribution in [3.63, 3.8) is 0 Å². The van der Waals surface area contributed by atoms with Crippen molar-refractivity contribution in [3.8, 4) is 5.75 Å². The molecule has 1 aromatic rings. The van der Waals surface area contributed by atoms with Gasteiger partial charge in [-0.3, -0.25) is 4.79 Å². The van der Waals surface area contributed by atoms with Crippen molar-refractivity contribution in [2.45, 2.75) is 18.8 Å². The van der Waals surface area contributed by atoms with E-state index in [1.165, 1.54) is 0 Å². The third-order valence-electron chi connectivity index (χ3n) is 2.93. The first-order valence-corrected chi connectivity index (χ1v) is 4.49. The van der Waals surface area contributed by atoms with Gasteiger partial charge in [-0.15, -0.1) is 0 Å². The standard InChI is InChI=1S/C11H12O3/c1-11(10(12)13)6-7-3-4-8(14-2)5-9(7)11/h3-5H,6H2,1-2H3,(H,12,13). The lowest BCUT2D eigenvalue weighted by Crippen LogP contribution is -2.43. The number of fused-ring (bicyclic) bond motifs is 1. The zero-order chi connectivity index (χ0) is 10.3. The van der Waals surface area contributed by atoms with Gasteiger partial charge in [0.1, 0.15) is 5.75 Å². The Morgan fingerprint density at radius 1 is 1.57 bits per heavy atom. The molecule has 1 aromatic carbocycles. The van der Waals surface area contributed by atoms with Gasteiger partial charge in [0.05, 0.1) is 12.5 Å². The van der Waals surface area contributed by atoms with Gasteiger partial charge >= 0.3 is 5.97 Å². The molecule has 1 aliphatic rings. The quantitative estimate of drug-likeness (QED) is 0.774. The van der Waals surface area contributed by atoms with Crippen LogP contribution in [0.3, 0.4) is 0 Å². The van der Waals surface area contributed by atoms with Crippen molar-refractivity contribution < 1.29 is 14.6 Å². The molecule has 1 unspecified atom stereocenters. The van der Waals surface area contributed by atoms with Crippen LogP contribution in [0, 0.1) is 0 Å². The lowest BCUT2D eigenvalue weighted by molar-refractivity contribution is -0.144. The van der Waals surface area contributed by atoms with Gasteiger partial charge in [-0.1, -0.05) is 6.07 Å². The molecule has 2 rings (SSSR count). The van der Waals surface area contributed by atoms with Crippen LogP contribution in [0.15, 0.2) is 18.2 Å². The van der Waals surface area contributed by atoms with Gasteiger partial charge in [-0.05, 0) is 36.6 Å². The Kier molecular flexibility index (Phi) is 1.77. The van der Waals surface area contributed by atoms with E-state index in [1.807, 2.05) is 18.2 Å². The van der Waals surface area contributed by atoms with E-state index in [4.69, 9.17) is 9.84 Å². The molecule has 3 heteroatoms. The van der Waals surface area contributed by atoms with Crippen LogP contribution in [0.5, 0.6) is 5.75 Å². The fourth-order valence-corrected chi connectivity index (χ4v) is 1.91. The van der Waals surface area contributed by atoms with Crippen LogP contribution in [0.1, 0.15) is 18.1 Å². The van der Waals surface area contributed by atoms with Gasteiger partial charge in [0, 0.05) is 0 Å². The molecule has 0 heterocycles. The maximum absolute atomic E-state index is 11.0. The largest absolute Gasteiger partial charge is 0.497 e. The average molecular weight is 192 g/mol. The molecule has 0 fully saturated rings. The highest BCUT2D eigenvalue weighted by Gasteiger charge is 2.45. The molecule has 1 N–H and O–H groups in total. The van der Waals surface area contributed by atoms with Gasteiger partial charge in [0.2, 0.25) is 0 Å². The summed E-state index contributed by atoms with van der Waals surface area (Å²) in [5.41, 5.74) is 1.27. The summed E-state index contributed by atoms with van der Waals surface area (Å²) in [4.78, 5) is 11.0. The molecule has 0 amide bonds. The van der Waals surface area contributed by atoms with Gasteiger partial charge in [-0.25, -0.2) is 0 Å². The average Bonchev–Trinajstić information content (AvgIpc) is 2.16. The van der Waals surface area contributed by atoms with Crippen molar-refractivity contribution in [1.29, 1.82) is 0 Å². The lowest BCUT2D eigenvalue weighted by Gasteiger charge is -2.37. The summed E-state index contributed by atoms with van der Waals surface area (Å²) < 4.78 is 5.06. The van der Waals surface area contributed by atoms with Crippen molar-refractivity contribution in [2.24, 2.45) is 0 Å². The van der Waals surface area contributed by atoms with Crippen molar-refractivity contribution in [2.75, 3.05) is 7.11 Å². The molecule has 0 aliphatic heterocycles. The molecule has 74 valence electrons. The molecule has 0 radical (unpaired) electrons. The van der Waals surface area contributed by atoms with E-state index in [2.05, 4.69) is 0 Å². The summed E-state index contributed by atoms with van der Waals surface area (Å²) in [6.45, 7) is 1.75. The van der Waals surface area contributed by atoms with E-state index >= 15 is 0 Å². The maximum Gasteiger partial charge on any atom is 0.314 e. The highest BCUT2D eigenvalue weighted by molar-refractivity contribution is 5.85. The summed E-state index contributed by atoms with van der Waals surface area (Å²) in [5.74, 6) is -0.0471. The molecule has 1 aliphatic carbocycles. The topological polar surface area (TPSA) is 46.5 Å². The predicted octanol–water partition coefficient (Wildman–Crippen LogP) is 1.59. The van der Waals surface area contributed by atoms with E-state index in [1.54, 1.807) is 14.0 Å². The highest BCUT2D eigenvalue weighted by Crippen LogP contribution is 2.42. The van der Waals surface area contributed by atoms with E-state index < -0.39 is 11.4 Å². The maximum atomic E-state index is 11.0. The van der Waals surface area contributed by atoms with Crippen molar-refractivity contribution >= 4 is 5.97 Å². The number of aliphatic carboxylic acids is 1. The summed E-state index contributed by atoms with van der Waals surface area (Å²) in [6.07, 6.45) is 0.613. The van der Waals surface area contributed by atoms with Crippen molar-refractivity contribution in [3.05, 3.63) is 29.3 Å². The fourth-order valence-electron chi connectivity index (χ4n) is 1.91. The minimum Gasteiger partial charge on any atom is -0.497 e. The van der Waals surface area contributed by atoms with Gasteiger partial charge < -0.3 is 9.84 Å². The number of benzene rings is 1. The van der Waals surface area contributed by atoms with Crippen LogP contribution < -0.4 is 4.74 Å². The molecule has 0 saturated carbocycles. The number of hydrogen-bond acceptors (Lipinski definition) is 2. The second-order valence-corrected chi connectivity index (χ2v) is 3.84. The van der Waals surface area contributed by atoms with E-state index in [0.717, 1.165) is 16.9 Å². The molecule has 0 saturated heterocycles. The Balaban J connectivity index is 2.45. The number of methoxy groups -OCH3 is 1. The van der Waals surface area contributed by atoms with Crippen LogP contribution >= 0.6 is 0 Å². The molecule has 0 bridgehead atoms. The smallest absolute Gasteiger partial charge is 0.314 e. The Morgan fingerprint density at radius 3 is 2.86 bits per heavy atom. The van der Waals surface area contributed by atoms with E-state index in [9.17, 15) is 4.79 Å². The lowest BCUT2D eigenvalue weighted by atomic mass is 9.65. The third-order valence-corrected chi connectivity index (χ3v) is 2.93. The Bertz CT molecular complexity index is 398.